The normalized spacial score (nSPS) is 10.3. The van der Waals surface area contributed by atoms with Crippen LogP contribution in [0.4, 0.5) is 5.82 Å². The van der Waals surface area contributed by atoms with E-state index in [1.54, 1.807) is 0 Å². The molecule has 0 spiro atoms. The second-order valence-electron chi connectivity index (χ2n) is 4.41. The molecule has 1 aromatic heterocycles. The molecule has 0 saturated heterocycles. The number of benzene rings is 1. The molecule has 0 unspecified atom stereocenters. The molecule has 19 heavy (non-hydrogen) atoms. The molecule has 0 amide bonds. The van der Waals surface area contributed by atoms with Crippen LogP contribution in [-0.2, 0) is 6.61 Å². The van der Waals surface area contributed by atoms with Gasteiger partial charge in [-0.1, -0.05) is 17.7 Å². The molecule has 2 rings (SSSR count). The van der Waals surface area contributed by atoms with Crippen molar-refractivity contribution in [3.8, 4) is 5.75 Å². The lowest BCUT2D eigenvalue weighted by molar-refractivity contribution is 0.301. The number of nitrogens with zero attached hydrogens (tertiary/aromatic N) is 1. The maximum atomic E-state index is 6.11. The number of pyridine rings is 1. The van der Waals surface area contributed by atoms with Gasteiger partial charge in [-0.05, 0) is 49.2 Å². The van der Waals surface area contributed by atoms with E-state index in [0.29, 0.717) is 11.6 Å². The minimum Gasteiger partial charge on any atom is -0.487 e. The van der Waals surface area contributed by atoms with Crippen LogP contribution in [0, 0.1) is 13.8 Å². The van der Waals surface area contributed by atoms with Crippen molar-refractivity contribution in [1.29, 1.82) is 0 Å². The molecule has 1 heterocycles. The van der Waals surface area contributed by atoms with E-state index in [2.05, 4.69) is 24.1 Å². The number of halogens is 1. The summed E-state index contributed by atoms with van der Waals surface area (Å²) in [6.45, 7) is 4.50. The van der Waals surface area contributed by atoms with Crippen LogP contribution < -0.4 is 10.1 Å². The molecule has 0 atom stereocenters. The molecule has 2 aromatic rings. The summed E-state index contributed by atoms with van der Waals surface area (Å²) in [5, 5.41) is 3.60. The molecule has 3 nitrogen and oxygen atoms in total. The molecule has 0 bridgehead atoms. The highest BCUT2D eigenvalue weighted by Crippen LogP contribution is 2.21. The highest BCUT2D eigenvalue weighted by molar-refractivity contribution is 6.31. The minimum absolute atomic E-state index is 0.358. The van der Waals surface area contributed by atoms with E-state index in [1.807, 2.05) is 37.4 Å². The number of hydrogen-bond acceptors (Lipinski definition) is 3. The molecule has 0 aliphatic carbocycles. The lowest BCUT2D eigenvalue weighted by Gasteiger charge is -2.10. The van der Waals surface area contributed by atoms with Crippen LogP contribution in [0.3, 0.4) is 0 Å². The van der Waals surface area contributed by atoms with Crippen molar-refractivity contribution >= 4 is 17.4 Å². The standard InChI is InChI=1S/C15H17ClN2O/c1-10-4-5-12(8-11(10)2)19-9-14-13(16)6-7-15(17-3)18-14/h4-8H,9H2,1-3H3,(H,17,18). The van der Waals surface area contributed by atoms with Gasteiger partial charge in [0.1, 0.15) is 18.2 Å². The van der Waals surface area contributed by atoms with Crippen LogP contribution in [0.15, 0.2) is 30.3 Å². The van der Waals surface area contributed by atoms with Gasteiger partial charge in [0.25, 0.3) is 0 Å². The van der Waals surface area contributed by atoms with Gasteiger partial charge in [0, 0.05) is 7.05 Å². The Morgan fingerprint density at radius 1 is 1.16 bits per heavy atom. The first-order chi connectivity index (χ1) is 9.10. The molecule has 0 fully saturated rings. The summed E-state index contributed by atoms with van der Waals surface area (Å²) in [4.78, 5) is 4.38. The fourth-order valence-electron chi connectivity index (χ4n) is 1.68. The summed E-state index contributed by atoms with van der Waals surface area (Å²) in [5.41, 5.74) is 3.19. The molecule has 4 heteroatoms. The van der Waals surface area contributed by atoms with Crippen molar-refractivity contribution in [2.24, 2.45) is 0 Å². The molecule has 1 N–H and O–H groups in total. The van der Waals surface area contributed by atoms with Gasteiger partial charge in [-0.3, -0.25) is 0 Å². The fourth-order valence-corrected chi connectivity index (χ4v) is 1.84. The third-order valence-corrected chi connectivity index (χ3v) is 3.37. The number of aromatic nitrogens is 1. The first-order valence-corrected chi connectivity index (χ1v) is 6.51. The van der Waals surface area contributed by atoms with Crippen molar-refractivity contribution < 1.29 is 4.74 Å². The Hall–Kier alpha value is -1.74. The molecular formula is C15H17ClN2O. The van der Waals surface area contributed by atoms with Gasteiger partial charge < -0.3 is 10.1 Å². The van der Waals surface area contributed by atoms with Crippen molar-refractivity contribution in [2.75, 3.05) is 12.4 Å². The Bertz CT molecular complexity index is 584. The zero-order chi connectivity index (χ0) is 13.8. The van der Waals surface area contributed by atoms with Crippen molar-refractivity contribution in [3.05, 3.63) is 52.2 Å². The maximum Gasteiger partial charge on any atom is 0.132 e. The first kappa shape index (κ1) is 13.7. The van der Waals surface area contributed by atoms with Gasteiger partial charge in [-0.15, -0.1) is 0 Å². The smallest absolute Gasteiger partial charge is 0.132 e. The number of hydrogen-bond donors (Lipinski definition) is 1. The van der Waals surface area contributed by atoms with E-state index >= 15 is 0 Å². The summed E-state index contributed by atoms with van der Waals surface area (Å²) < 4.78 is 5.73. The van der Waals surface area contributed by atoms with Crippen LogP contribution >= 0.6 is 11.6 Å². The summed E-state index contributed by atoms with van der Waals surface area (Å²) in [7, 11) is 1.82. The lowest BCUT2D eigenvalue weighted by atomic mass is 10.1. The third-order valence-electron chi connectivity index (χ3n) is 3.03. The second-order valence-corrected chi connectivity index (χ2v) is 4.82. The third kappa shape index (κ3) is 3.38. The summed E-state index contributed by atoms with van der Waals surface area (Å²) >= 11 is 6.11. The Labute approximate surface area is 118 Å². The zero-order valence-corrected chi connectivity index (χ0v) is 12.1. The Kier molecular flexibility index (Phi) is 4.27. The molecule has 0 aliphatic rings. The fraction of sp³-hybridized carbons (Fsp3) is 0.267. The highest BCUT2D eigenvalue weighted by atomic mass is 35.5. The van der Waals surface area contributed by atoms with Crippen LogP contribution in [-0.4, -0.2) is 12.0 Å². The SMILES string of the molecule is CNc1ccc(Cl)c(COc2ccc(C)c(C)c2)n1. The Balaban J connectivity index is 2.11. The quantitative estimate of drug-likeness (QED) is 0.917. The predicted molar refractivity (Wildman–Crippen MR) is 79.0 cm³/mol. The largest absolute Gasteiger partial charge is 0.487 e. The Morgan fingerprint density at radius 2 is 1.95 bits per heavy atom. The highest BCUT2D eigenvalue weighted by Gasteiger charge is 2.05. The van der Waals surface area contributed by atoms with E-state index in [0.717, 1.165) is 17.3 Å². The van der Waals surface area contributed by atoms with Crippen molar-refractivity contribution in [3.63, 3.8) is 0 Å². The van der Waals surface area contributed by atoms with Crippen LogP contribution in [0.1, 0.15) is 16.8 Å². The summed E-state index contributed by atoms with van der Waals surface area (Å²) in [6.07, 6.45) is 0. The van der Waals surface area contributed by atoms with E-state index in [-0.39, 0.29) is 0 Å². The van der Waals surface area contributed by atoms with E-state index < -0.39 is 0 Å². The summed E-state index contributed by atoms with van der Waals surface area (Å²) in [6, 6.07) is 9.67. The maximum absolute atomic E-state index is 6.11. The number of nitrogens with one attached hydrogen (secondary N) is 1. The van der Waals surface area contributed by atoms with Crippen LogP contribution in [0.5, 0.6) is 5.75 Å². The van der Waals surface area contributed by atoms with Crippen LogP contribution in [0.25, 0.3) is 0 Å². The number of aryl methyl sites for hydroxylation is 2. The monoisotopic (exact) mass is 276 g/mol. The lowest BCUT2D eigenvalue weighted by Crippen LogP contribution is -2.02. The average molecular weight is 277 g/mol. The molecule has 0 radical (unpaired) electrons. The first-order valence-electron chi connectivity index (χ1n) is 6.13. The zero-order valence-electron chi connectivity index (χ0n) is 11.3. The van der Waals surface area contributed by atoms with Crippen LogP contribution in [0.2, 0.25) is 5.02 Å². The molecule has 100 valence electrons. The number of anilines is 1. The average Bonchev–Trinajstić information content (AvgIpc) is 2.41. The number of rotatable bonds is 4. The molecule has 0 aliphatic heterocycles. The van der Waals surface area contributed by atoms with Gasteiger partial charge in [0.15, 0.2) is 0 Å². The minimum atomic E-state index is 0.358. The van der Waals surface area contributed by atoms with Crippen molar-refractivity contribution in [1.82, 2.24) is 4.98 Å². The van der Waals surface area contributed by atoms with Crippen molar-refractivity contribution in [2.45, 2.75) is 20.5 Å². The Morgan fingerprint density at radius 3 is 2.63 bits per heavy atom. The van der Waals surface area contributed by atoms with E-state index in [4.69, 9.17) is 16.3 Å². The summed E-state index contributed by atoms with van der Waals surface area (Å²) in [5.74, 6) is 1.61. The van der Waals surface area contributed by atoms with Gasteiger partial charge in [-0.25, -0.2) is 4.98 Å². The van der Waals surface area contributed by atoms with E-state index in [9.17, 15) is 0 Å². The molecule has 0 saturated carbocycles. The predicted octanol–water partition coefficient (Wildman–Crippen LogP) is 3.97. The molecular weight excluding hydrogens is 260 g/mol. The van der Waals surface area contributed by atoms with Gasteiger partial charge in [0.05, 0.1) is 10.7 Å². The van der Waals surface area contributed by atoms with Gasteiger partial charge in [-0.2, -0.15) is 0 Å². The van der Waals surface area contributed by atoms with E-state index in [1.165, 1.54) is 11.1 Å². The van der Waals surface area contributed by atoms with Gasteiger partial charge in [0.2, 0.25) is 0 Å². The molecule has 1 aromatic carbocycles. The topological polar surface area (TPSA) is 34.1 Å². The van der Waals surface area contributed by atoms with Gasteiger partial charge >= 0.3 is 0 Å². The second kappa shape index (κ2) is 5.93. The number of ether oxygens (including phenoxy) is 1.